The van der Waals surface area contributed by atoms with Crippen LogP contribution in [0, 0.1) is 15.9 Å². The van der Waals surface area contributed by atoms with Crippen molar-refractivity contribution in [3.05, 3.63) is 82.3 Å². The number of nitrogens with one attached hydrogen (secondary N) is 1. The fraction of sp³-hybridized carbons (Fsp3) is 0. The summed E-state index contributed by atoms with van der Waals surface area (Å²) in [5.74, 6) is -1.45. The Hall–Kier alpha value is -3.61. The lowest BCUT2D eigenvalue weighted by Gasteiger charge is -2.03. The van der Waals surface area contributed by atoms with Crippen molar-refractivity contribution in [2.24, 2.45) is 0 Å². The van der Waals surface area contributed by atoms with Gasteiger partial charge in [-0.1, -0.05) is 24.3 Å². The molecule has 0 aliphatic heterocycles. The van der Waals surface area contributed by atoms with Crippen LogP contribution in [0.5, 0.6) is 0 Å². The third-order valence-electron chi connectivity index (χ3n) is 3.49. The van der Waals surface area contributed by atoms with Gasteiger partial charge in [0, 0.05) is 35.0 Å². The maximum atomic E-state index is 13.3. The van der Waals surface area contributed by atoms with Gasteiger partial charge in [0.25, 0.3) is 0 Å². The largest absolute Gasteiger partial charge is 0.322 e. The molecule has 0 atom stereocenters. The van der Waals surface area contributed by atoms with Crippen molar-refractivity contribution >= 4 is 34.3 Å². The standard InChI is InChI=1S/C18H12FN3O3/c19-15-8-7-14(11-16(15)22(24)25)21-17(23)9-6-13-4-1-3-12-5-2-10-20-18(12)13/h1-11H,(H,21,23)/b9-6+. The van der Waals surface area contributed by atoms with E-state index in [0.29, 0.717) is 0 Å². The Labute approximate surface area is 141 Å². The summed E-state index contributed by atoms with van der Waals surface area (Å²) in [4.78, 5) is 26.2. The van der Waals surface area contributed by atoms with Gasteiger partial charge in [0.1, 0.15) is 0 Å². The molecule has 124 valence electrons. The average molecular weight is 337 g/mol. The number of nitro benzene ring substituents is 1. The molecule has 7 heteroatoms. The van der Waals surface area contributed by atoms with Crippen molar-refractivity contribution in [3.8, 4) is 0 Å². The van der Waals surface area contributed by atoms with Crippen LogP contribution in [0.1, 0.15) is 5.56 Å². The molecule has 6 nitrogen and oxygen atoms in total. The van der Waals surface area contributed by atoms with Crippen LogP contribution in [0.4, 0.5) is 15.8 Å². The molecule has 3 aromatic rings. The van der Waals surface area contributed by atoms with Crippen LogP contribution in [-0.4, -0.2) is 15.8 Å². The number of fused-ring (bicyclic) bond motifs is 1. The van der Waals surface area contributed by atoms with Crippen molar-refractivity contribution in [3.63, 3.8) is 0 Å². The molecule has 1 N–H and O–H groups in total. The maximum Gasteiger partial charge on any atom is 0.306 e. The van der Waals surface area contributed by atoms with Gasteiger partial charge in [0.05, 0.1) is 10.4 Å². The Morgan fingerprint density at radius 1 is 1.20 bits per heavy atom. The van der Waals surface area contributed by atoms with E-state index in [4.69, 9.17) is 0 Å². The topological polar surface area (TPSA) is 85.1 Å². The molecule has 0 aliphatic rings. The molecule has 0 fully saturated rings. The number of para-hydroxylation sites is 1. The van der Waals surface area contributed by atoms with Crippen LogP contribution in [0.3, 0.4) is 0 Å². The molecular weight excluding hydrogens is 325 g/mol. The zero-order chi connectivity index (χ0) is 17.8. The Bertz CT molecular complexity index is 997. The van der Waals surface area contributed by atoms with Crippen molar-refractivity contribution in [1.29, 1.82) is 0 Å². The van der Waals surface area contributed by atoms with E-state index in [1.54, 1.807) is 12.3 Å². The number of nitro groups is 1. The first kappa shape index (κ1) is 16.3. The van der Waals surface area contributed by atoms with Crippen LogP contribution < -0.4 is 5.32 Å². The van der Waals surface area contributed by atoms with Crippen LogP contribution in [0.25, 0.3) is 17.0 Å². The van der Waals surface area contributed by atoms with Gasteiger partial charge in [-0.25, -0.2) is 0 Å². The van der Waals surface area contributed by atoms with Crippen LogP contribution in [-0.2, 0) is 4.79 Å². The third kappa shape index (κ3) is 3.66. The molecule has 2 aromatic carbocycles. The minimum Gasteiger partial charge on any atom is -0.322 e. The average Bonchev–Trinajstić information content (AvgIpc) is 2.61. The Kier molecular flexibility index (Phi) is 4.47. The van der Waals surface area contributed by atoms with Crippen molar-refractivity contribution in [2.45, 2.75) is 0 Å². The molecule has 0 aliphatic carbocycles. The fourth-order valence-electron chi connectivity index (χ4n) is 2.34. The first-order valence-corrected chi connectivity index (χ1v) is 7.31. The van der Waals surface area contributed by atoms with E-state index in [9.17, 15) is 19.3 Å². The number of hydrogen-bond donors (Lipinski definition) is 1. The molecule has 0 bridgehead atoms. The summed E-state index contributed by atoms with van der Waals surface area (Å²) in [6.07, 6.45) is 4.55. The highest BCUT2D eigenvalue weighted by atomic mass is 19.1. The fourth-order valence-corrected chi connectivity index (χ4v) is 2.34. The van der Waals surface area contributed by atoms with Crippen LogP contribution in [0.2, 0.25) is 0 Å². The van der Waals surface area contributed by atoms with Gasteiger partial charge in [-0.15, -0.1) is 0 Å². The second-order valence-electron chi connectivity index (χ2n) is 5.17. The molecule has 25 heavy (non-hydrogen) atoms. The summed E-state index contributed by atoms with van der Waals surface area (Å²) in [7, 11) is 0. The molecule has 0 spiro atoms. The summed E-state index contributed by atoms with van der Waals surface area (Å²) in [6, 6.07) is 12.5. The number of hydrogen-bond acceptors (Lipinski definition) is 4. The summed E-state index contributed by atoms with van der Waals surface area (Å²) in [5.41, 5.74) is 0.962. The lowest BCUT2D eigenvalue weighted by atomic mass is 10.1. The Morgan fingerprint density at radius 2 is 2.00 bits per heavy atom. The predicted octanol–water partition coefficient (Wildman–Crippen LogP) is 3.93. The van der Waals surface area contributed by atoms with Gasteiger partial charge in [-0.05, 0) is 24.3 Å². The highest BCUT2D eigenvalue weighted by Gasteiger charge is 2.14. The quantitative estimate of drug-likeness (QED) is 0.444. The number of pyridine rings is 1. The number of amides is 1. The van der Waals surface area contributed by atoms with E-state index < -0.39 is 22.3 Å². The number of benzene rings is 2. The number of rotatable bonds is 4. The van der Waals surface area contributed by atoms with Gasteiger partial charge in [0.15, 0.2) is 0 Å². The van der Waals surface area contributed by atoms with E-state index in [0.717, 1.165) is 28.6 Å². The summed E-state index contributed by atoms with van der Waals surface area (Å²) < 4.78 is 13.3. The summed E-state index contributed by atoms with van der Waals surface area (Å²) in [5, 5.41) is 14.1. The molecule has 0 unspecified atom stereocenters. The molecule has 0 saturated heterocycles. The number of aromatic nitrogens is 1. The highest BCUT2D eigenvalue weighted by Crippen LogP contribution is 2.22. The van der Waals surface area contributed by atoms with E-state index in [2.05, 4.69) is 10.3 Å². The molecular formula is C18H12FN3O3. The zero-order valence-electron chi connectivity index (χ0n) is 12.8. The number of halogens is 1. The van der Waals surface area contributed by atoms with Gasteiger partial charge in [-0.3, -0.25) is 19.9 Å². The van der Waals surface area contributed by atoms with Crippen molar-refractivity contribution in [2.75, 3.05) is 5.32 Å². The number of carbonyl (C=O) groups excluding carboxylic acids is 1. The van der Waals surface area contributed by atoms with Gasteiger partial charge >= 0.3 is 5.69 Å². The minimum atomic E-state index is -0.958. The van der Waals surface area contributed by atoms with Gasteiger partial charge in [0.2, 0.25) is 11.7 Å². The Morgan fingerprint density at radius 3 is 2.80 bits per heavy atom. The van der Waals surface area contributed by atoms with Gasteiger partial charge < -0.3 is 5.32 Å². The second kappa shape index (κ2) is 6.88. The highest BCUT2D eigenvalue weighted by molar-refractivity contribution is 6.03. The number of nitrogens with zero attached hydrogens (tertiary/aromatic N) is 2. The number of carbonyl (C=O) groups is 1. The SMILES string of the molecule is O=C(/C=C/c1cccc2cccnc12)Nc1ccc(F)c([N+](=O)[O-])c1. The zero-order valence-corrected chi connectivity index (χ0v) is 12.8. The summed E-state index contributed by atoms with van der Waals surface area (Å²) in [6.45, 7) is 0. The van der Waals surface area contributed by atoms with E-state index >= 15 is 0 Å². The maximum absolute atomic E-state index is 13.3. The monoisotopic (exact) mass is 337 g/mol. The number of anilines is 1. The van der Waals surface area contributed by atoms with Crippen LogP contribution in [0.15, 0.2) is 60.8 Å². The molecule has 1 heterocycles. The predicted molar refractivity (Wildman–Crippen MR) is 92.5 cm³/mol. The van der Waals surface area contributed by atoms with E-state index in [-0.39, 0.29) is 5.69 Å². The van der Waals surface area contributed by atoms with E-state index in [1.165, 1.54) is 12.1 Å². The smallest absolute Gasteiger partial charge is 0.306 e. The minimum absolute atomic E-state index is 0.138. The molecule has 0 saturated carbocycles. The van der Waals surface area contributed by atoms with E-state index in [1.807, 2.05) is 30.3 Å². The normalized spacial score (nSPS) is 10.9. The molecule has 3 rings (SSSR count). The first-order chi connectivity index (χ1) is 12.0. The van der Waals surface area contributed by atoms with Crippen molar-refractivity contribution < 1.29 is 14.1 Å². The lowest BCUT2D eigenvalue weighted by Crippen LogP contribution is -2.08. The molecule has 0 radical (unpaired) electrons. The Balaban J connectivity index is 1.79. The summed E-state index contributed by atoms with van der Waals surface area (Å²) >= 11 is 0. The van der Waals surface area contributed by atoms with Crippen molar-refractivity contribution in [1.82, 2.24) is 4.98 Å². The molecule has 1 amide bonds. The third-order valence-corrected chi connectivity index (χ3v) is 3.49. The first-order valence-electron chi connectivity index (χ1n) is 7.31. The van der Waals surface area contributed by atoms with Gasteiger partial charge in [-0.2, -0.15) is 4.39 Å². The van der Waals surface area contributed by atoms with Crippen LogP contribution >= 0.6 is 0 Å². The lowest BCUT2D eigenvalue weighted by molar-refractivity contribution is -0.387. The second-order valence-corrected chi connectivity index (χ2v) is 5.17. The molecule has 1 aromatic heterocycles.